The Bertz CT molecular complexity index is 732. The van der Waals surface area contributed by atoms with Crippen LogP contribution < -0.4 is 20.1 Å². The Morgan fingerprint density at radius 2 is 1.84 bits per heavy atom. The largest absolute Gasteiger partial charge is 0.490 e. The molecule has 0 amide bonds. The molecule has 0 fully saturated rings. The van der Waals surface area contributed by atoms with Crippen LogP contribution in [0.3, 0.4) is 0 Å². The van der Waals surface area contributed by atoms with Crippen LogP contribution in [-0.2, 0) is 6.54 Å². The van der Waals surface area contributed by atoms with E-state index in [0.717, 1.165) is 35.7 Å². The minimum absolute atomic E-state index is 0.245. The molecule has 132 valence electrons. The number of halogens is 1. The molecular weight excluding hydrogens is 321 g/mol. The average Bonchev–Trinajstić information content (AvgIpc) is 2.86. The lowest BCUT2D eigenvalue weighted by molar-refractivity contribution is 0.297. The lowest BCUT2D eigenvalue weighted by Crippen LogP contribution is -2.30. The van der Waals surface area contributed by atoms with E-state index in [1.807, 2.05) is 25.1 Å². The molecule has 6 heteroatoms. The number of guanidine groups is 1. The van der Waals surface area contributed by atoms with Crippen LogP contribution >= 0.6 is 0 Å². The van der Waals surface area contributed by atoms with Crippen LogP contribution in [0.4, 0.5) is 10.1 Å². The van der Waals surface area contributed by atoms with Crippen molar-refractivity contribution in [2.45, 2.75) is 19.9 Å². The van der Waals surface area contributed by atoms with E-state index in [1.54, 1.807) is 12.1 Å². The normalized spacial score (nSPS) is 13.9. The van der Waals surface area contributed by atoms with Crippen molar-refractivity contribution in [1.29, 1.82) is 0 Å². The number of nitrogens with one attached hydrogen (secondary N) is 2. The molecule has 0 bridgehead atoms. The summed E-state index contributed by atoms with van der Waals surface area (Å²) in [5.74, 6) is 1.90. The van der Waals surface area contributed by atoms with E-state index in [4.69, 9.17) is 9.47 Å². The number of fused-ring (bicyclic) bond motifs is 1. The van der Waals surface area contributed by atoms with Gasteiger partial charge in [0.05, 0.1) is 19.8 Å². The summed E-state index contributed by atoms with van der Waals surface area (Å²) in [4.78, 5) is 4.54. The molecule has 0 spiro atoms. The maximum Gasteiger partial charge on any atom is 0.196 e. The second-order valence-electron chi connectivity index (χ2n) is 5.66. The van der Waals surface area contributed by atoms with Gasteiger partial charge in [-0.25, -0.2) is 9.38 Å². The van der Waals surface area contributed by atoms with Crippen LogP contribution in [-0.4, -0.2) is 25.7 Å². The Hall–Kier alpha value is -2.76. The lowest BCUT2D eigenvalue weighted by atomic mass is 10.2. The first kappa shape index (κ1) is 17.1. The van der Waals surface area contributed by atoms with Crippen LogP contribution in [0.1, 0.15) is 18.9 Å². The number of anilines is 1. The third kappa shape index (κ3) is 4.86. The first-order valence-electron chi connectivity index (χ1n) is 8.44. The zero-order valence-electron chi connectivity index (χ0n) is 14.2. The van der Waals surface area contributed by atoms with Gasteiger partial charge in [-0.1, -0.05) is 12.1 Å². The molecule has 1 aliphatic rings. The highest BCUT2D eigenvalue weighted by atomic mass is 19.1. The molecule has 2 aromatic rings. The Morgan fingerprint density at radius 3 is 2.60 bits per heavy atom. The van der Waals surface area contributed by atoms with Gasteiger partial charge in [-0.05, 0) is 36.8 Å². The summed E-state index contributed by atoms with van der Waals surface area (Å²) in [6.45, 7) is 4.51. The summed E-state index contributed by atoms with van der Waals surface area (Å²) in [5, 5.41) is 6.46. The van der Waals surface area contributed by atoms with Crippen molar-refractivity contribution >= 4 is 11.6 Å². The SMILES string of the molecule is CCNC(=NCc1ccc(F)cc1)Nc1ccc2c(c1)OCCCO2. The van der Waals surface area contributed by atoms with Crippen molar-refractivity contribution in [1.82, 2.24) is 5.32 Å². The molecule has 0 unspecified atom stereocenters. The second kappa shape index (κ2) is 8.37. The smallest absolute Gasteiger partial charge is 0.196 e. The van der Waals surface area contributed by atoms with Gasteiger partial charge in [0.15, 0.2) is 17.5 Å². The molecule has 2 aromatic carbocycles. The van der Waals surface area contributed by atoms with E-state index in [0.29, 0.717) is 25.7 Å². The highest BCUT2D eigenvalue weighted by molar-refractivity contribution is 5.93. The minimum atomic E-state index is -0.245. The molecule has 3 rings (SSSR count). The number of aliphatic imine (C=N–C) groups is 1. The van der Waals surface area contributed by atoms with Crippen molar-refractivity contribution in [3.63, 3.8) is 0 Å². The van der Waals surface area contributed by atoms with Gasteiger partial charge in [-0.3, -0.25) is 0 Å². The van der Waals surface area contributed by atoms with Gasteiger partial charge < -0.3 is 20.1 Å². The van der Waals surface area contributed by atoms with Crippen LogP contribution in [0, 0.1) is 5.82 Å². The predicted molar refractivity (Wildman–Crippen MR) is 96.9 cm³/mol. The van der Waals surface area contributed by atoms with E-state index in [2.05, 4.69) is 15.6 Å². The van der Waals surface area contributed by atoms with Crippen LogP contribution in [0.2, 0.25) is 0 Å². The third-order valence-electron chi connectivity index (χ3n) is 3.69. The molecular formula is C19H22FN3O2. The van der Waals surface area contributed by atoms with Gasteiger partial charge in [0.2, 0.25) is 0 Å². The van der Waals surface area contributed by atoms with Crippen molar-refractivity contribution in [2.24, 2.45) is 4.99 Å². The molecule has 1 aliphatic heterocycles. The monoisotopic (exact) mass is 343 g/mol. The fourth-order valence-electron chi connectivity index (χ4n) is 2.44. The average molecular weight is 343 g/mol. The fourth-order valence-corrected chi connectivity index (χ4v) is 2.44. The van der Waals surface area contributed by atoms with Crippen molar-refractivity contribution in [2.75, 3.05) is 25.1 Å². The lowest BCUT2D eigenvalue weighted by Gasteiger charge is -2.13. The molecule has 0 aromatic heterocycles. The molecule has 0 saturated carbocycles. The summed E-state index contributed by atoms with van der Waals surface area (Å²) in [5.41, 5.74) is 1.81. The van der Waals surface area contributed by atoms with E-state index in [9.17, 15) is 4.39 Å². The van der Waals surface area contributed by atoms with E-state index in [1.165, 1.54) is 12.1 Å². The quantitative estimate of drug-likeness (QED) is 0.658. The van der Waals surface area contributed by atoms with Crippen LogP contribution in [0.15, 0.2) is 47.5 Å². The molecule has 5 nitrogen and oxygen atoms in total. The standard InChI is InChI=1S/C19H22FN3O2/c1-2-21-19(22-13-14-4-6-15(20)7-5-14)23-16-8-9-17-18(12-16)25-11-3-10-24-17/h4-9,12H,2-3,10-11,13H2,1H3,(H2,21,22,23). The molecule has 2 N–H and O–H groups in total. The number of nitrogens with zero attached hydrogens (tertiary/aromatic N) is 1. The van der Waals surface area contributed by atoms with Crippen molar-refractivity contribution in [3.05, 3.63) is 53.8 Å². The number of rotatable bonds is 4. The topological polar surface area (TPSA) is 54.9 Å². The summed E-state index contributed by atoms with van der Waals surface area (Å²) < 4.78 is 24.3. The molecule has 0 atom stereocenters. The van der Waals surface area contributed by atoms with Gasteiger partial charge in [-0.15, -0.1) is 0 Å². The van der Waals surface area contributed by atoms with Crippen LogP contribution in [0.5, 0.6) is 11.5 Å². The molecule has 1 heterocycles. The van der Waals surface area contributed by atoms with Gasteiger partial charge in [0.1, 0.15) is 5.82 Å². The Kier molecular flexibility index (Phi) is 5.72. The van der Waals surface area contributed by atoms with Crippen molar-refractivity contribution in [3.8, 4) is 11.5 Å². The highest BCUT2D eigenvalue weighted by Gasteiger charge is 2.11. The third-order valence-corrected chi connectivity index (χ3v) is 3.69. The number of benzene rings is 2. The Morgan fingerprint density at radius 1 is 1.08 bits per heavy atom. The van der Waals surface area contributed by atoms with Gasteiger partial charge >= 0.3 is 0 Å². The maximum atomic E-state index is 13.0. The molecule has 25 heavy (non-hydrogen) atoms. The summed E-state index contributed by atoms with van der Waals surface area (Å²) >= 11 is 0. The Balaban J connectivity index is 1.71. The first-order chi connectivity index (χ1) is 12.2. The van der Waals surface area contributed by atoms with Gasteiger partial charge in [0, 0.05) is 24.7 Å². The second-order valence-corrected chi connectivity index (χ2v) is 5.66. The van der Waals surface area contributed by atoms with Crippen molar-refractivity contribution < 1.29 is 13.9 Å². The van der Waals surface area contributed by atoms with E-state index < -0.39 is 0 Å². The zero-order chi connectivity index (χ0) is 17.5. The summed E-state index contributed by atoms with van der Waals surface area (Å²) in [6.07, 6.45) is 0.874. The fraction of sp³-hybridized carbons (Fsp3) is 0.316. The molecule has 0 aliphatic carbocycles. The maximum absolute atomic E-state index is 13.0. The predicted octanol–water partition coefficient (Wildman–Crippen LogP) is 3.56. The zero-order valence-corrected chi connectivity index (χ0v) is 14.2. The highest BCUT2D eigenvalue weighted by Crippen LogP contribution is 2.32. The summed E-state index contributed by atoms with van der Waals surface area (Å²) in [7, 11) is 0. The first-order valence-corrected chi connectivity index (χ1v) is 8.44. The van der Waals surface area contributed by atoms with E-state index >= 15 is 0 Å². The van der Waals surface area contributed by atoms with Gasteiger partial charge in [0.25, 0.3) is 0 Å². The molecule has 0 saturated heterocycles. The number of ether oxygens (including phenoxy) is 2. The summed E-state index contributed by atoms with van der Waals surface area (Å²) in [6, 6.07) is 12.1. The van der Waals surface area contributed by atoms with Crippen LogP contribution in [0.25, 0.3) is 0 Å². The van der Waals surface area contributed by atoms with Gasteiger partial charge in [-0.2, -0.15) is 0 Å². The van der Waals surface area contributed by atoms with E-state index in [-0.39, 0.29) is 5.82 Å². The number of hydrogen-bond donors (Lipinski definition) is 2. The minimum Gasteiger partial charge on any atom is -0.490 e. The Labute approximate surface area is 146 Å². The molecule has 0 radical (unpaired) electrons. The number of hydrogen-bond acceptors (Lipinski definition) is 3.